The van der Waals surface area contributed by atoms with Crippen LogP contribution in [0.5, 0.6) is 0 Å². The number of hydrogen-bond acceptors (Lipinski definition) is 34. The summed E-state index contributed by atoms with van der Waals surface area (Å²) in [6, 6.07) is 0. The maximum atomic E-state index is 12.4. The van der Waals surface area contributed by atoms with E-state index >= 15 is 0 Å². The van der Waals surface area contributed by atoms with E-state index in [2.05, 4.69) is 0 Å². The van der Waals surface area contributed by atoms with Gasteiger partial charge < -0.3 is 93.3 Å². The molecule has 1 aliphatic carbocycles. The second-order valence-electron chi connectivity index (χ2n) is 34.3. The molecule has 0 aromatic heterocycles. The zero-order valence-corrected chi connectivity index (χ0v) is 79.4. The maximum Gasteiger partial charge on any atom is 0.317 e. The molecule has 1 saturated heterocycles. The van der Waals surface area contributed by atoms with Crippen LogP contribution in [0.4, 0.5) is 0 Å². The fraction of sp³-hybridized carbons (Fsp3) is 0.759. The number of carboxylic acids is 8. The Morgan fingerprint density at radius 1 is 0.354 bits per heavy atom. The zero-order valence-electron chi connectivity index (χ0n) is 78.6. The molecule has 2 aliphatic rings. The lowest BCUT2D eigenvalue weighted by atomic mass is 9.79. The van der Waals surface area contributed by atoms with E-state index in [1.165, 1.54) is 11.8 Å². The highest BCUT2D eigenvalue weighted by Crippen LogP contribution is 2.44. The van der Waals surface area contributed by atoms with Crippen molar-refractivity contribution < 1.29 is 194 Å². The molecular formula is C87H142N2O40S. The maximum absolute atomic E-state index is 12.4. The molecule has 0 aromatic carbocycles. The van der Waals surface area contributed by atoms with Gasteiger partial charge in [0.2, 0.25) is 17.7 Å². The Hall–Kier alpha value is -10.5. The largest absolute Gasteiger partial charge is 0.481 e. The van der Waals surface area contributed by atoms with E-state index in [-0.39, 0.29) is 115 Å². The molecule has 2 rings (SSSR count). The molecule has 2 fully saturated rings. The van der Waals surface area contributed by atoms with Crippen molar-refractivity contribution in [1.29, 1.82) is 0 Å². The highest BCUT2D eigenvalue weighted by atomic mass is 32.2. The first kappa shape index (κ1) is 126. The monoisotopic (exact) mass is 1890 g/mol. The average Bonchev–Trinajstić information content (AvgIpc) is 1.55. The number of carbonyl (C=O) groups excluding carboxylic acids is 13. The van der Waals surface area contributed by atoms with E-state index in [9.17, 15) is 106 Å². The number of aliphatic carboxylic acids is 8. The third-order valence-corrected chi connectivity index (χ3v) is 22.0. The van der Waals surface area contributed by atoms with Crippen molar-refractivity contribution in [2.24, 2.45) is 37.9 Å². The SMILES string of the molecule is CCC(C)(C)C(=O)N(C(=O)CCC(=O)O)C(=O)CCC(=O)O.CCC(C)(C)C(=O)OCC(COC(=O)CCC(=O)O)OC(=O)CCC(=O)O.CCC(C)(C)C(=O)OCC(O)CN1CSC(C(=O)O)C1.CCC(C)(C)C(=O)OCCCCOC(=O)CCC(=O)O.CCC(C)(C)C(=O)OCCOC(=O)CC1(CC(=O)O)CCCC1.CCC(C)(C)C(=O)OCCOC(=O)CCC(=O)O. The number of nitrogens with zero attached hydrogens (tertiary/aromatic N) is 2. The van der Waals surface area contributed by atoms with Gasteiger partial charge in [0.15, 0.2) is 6.10 Å². The fourth-order valence-electron chi connectivity index (χ4n) is 9.63. The molecule has 0 aromatic rings. The number of unbranched alkanes of at least 4 members (excludes halogenated alkanes) is 1. The molecule has 0 radical (unpaired) electrons. The Balaban J connectivity index is -0.000000736. The molecule has 43 heteroatoms. The smallest absolute Gasteiger partial charge is 0.317 e. The third kappa shape index (κ3) is 59.7. The zero-order chi connectivity index (χ0) is 101. The van der Waals surface area contributed by atoms with Gasteiger partial charge in [-0.05, 0) is 139 Å². The van der Waals surface area contributed by atoms with Gasteiger partial charge in [-0.15, -0.1) is 11.8 Å². The van der Waals surface area contributed by atoms with Crippen molar-refractivity contribution >= 4 is 137 Å². The van der Waals surface area contributed by atoms with E-state index in [1.807, 2.05) is 46.4 Å². The number of esters is 10. The lowest BCUT2D eigenvalue weighted by molar-refractivity contribution is -0.171. The predicted molar refractivity (Wildman–Crippen MR) is 459 cm³/mol. The van der Waals surface area contributed by atoms with Crippen LogP contribution in [-0.4, -0.2) is 277 Å². The predicted octanol–water partition coefficient (Wildman–Crippen LogP) is 9.43. The summed E-state index contributed by atoms with van der Waals surface area (Å²) in [5.41, 5.74) is -4.31. The number of aliphatic hydroxyl groups excluding tert-OH is 1. The lowest BCUT2D eigenvalue weighted by Crippen LogP contribution is -2.48. The summed E-state index contributed by atoms with van der Waals surface area (Å²) in [6.45, 7) is 32.3. The molecule has 1 aliphatic heterocycles. The molecule has 1 heterocycles. The van der Waals surface area contributed by atoms with Crippen LogP contribution < -0.4 is 0 Å². The minimum atomic E-state index is -1.23. The first-order chi connectivity index (χ1) is 60.0. The molecule has 0 spiro atoms. The van der Waals surface area contributed by atoms with Crippen molar-refractivity contribution in [3.63, 3.8) is 0 Å². The Morgan fingerprint density at radius 3 is 1.00 bits per heavy atom. The van der Waals surface area contributed by atoms with E-state index in [0.717, 1.165) is 25.7 Å². The van der Waals surface area contributed by atoms with Crippen molar-refractivity contribution in [3.05, 3.63) is 0 Å². The molecule has 1 saturated carbocycles. The summed E-state index contributed by atoms with van der Waals surface area (Å²) in [7, 11) is 0. The number of rotatable bonds is 55. The molecule has 3 amide bonds. The third-order valence-electron chi connectivity index (χ3n) is 20.7. The van der Waals surface area contributed by atoms with Gasteiger partial charge in [-0.3, -0.25) is 106 Å². The van der Waals surface area contributed by atoms with Gasteiger partial charge in [0.25, 0.3) is 0 Å². The molecule has 3 unspecified atom stereocenters. The molecule has 9 N–H and O–H groups in total. The van der Waals surface area contributed by atoms with E-state index in [0.29, 0.717) is 81.8 Å². The standard InChI is InChI=1S/C17H26O10.C17H28O6.C14H21NO7.C14H24O6.C13H23NO5S.C12H20O6/c1-4-17(2,3)16(24)26-10-11(27-15(23)8-6-13(20)21)9-25-14(22)7-5-12(18)19;1-4-16(2,3)15(21)23-10-9-22-14(20)12-17(11-13(18)19)7-5-6-8-17;1-4-14(2,3)13(22)15(9(16)5-7-11(18)19)10(17)6-8-12(20)21;1-4-14(2,3)13(18)20-10-6-5-9-19-12(17)8-7-11(15)16;1-4-13(2,3)12(18)19-7-9(15)5-14-6-10(11(16)17)20-8-14;1-4-12(2,3)11(16)18-8-7-17-10(15)6-5-9(13)14/h11H,4-10H2,1-3H3,(H,18,19)(H,20,21);4-12H2,1-3H3,(H,18,19);4-8H2,1-3H3,(H,18,19)(H,20,21);4-10H2,1-3H3,(H,15,16);9-10,15H,4-8H2,1-3H3,(H,16,17);4-8H2,1-3H3,(H,13,14). The van der Waals surface area contributed by atoms with Crippen molar-refractivity contribution in [3.8, 4) is 0 Å². The first-order valence-corrected chi connectivity index (χ1v) is 44.0. The Labute approximate surface area is 762 Å². The summed E-state index contributed by atoms with van der Waals surface area (Å²) in [4.78, 5) is 239. The first-order valence-electron chi connectivity index (χ1n) is 42.9. The summed E-state index contributed by atoms with van der Waals surface area (Å²) >= 11 is 1.34. The highest BCUT2D eigenvalue weighted by Gasteiger charge is 2.41. The number of thioether (sulfide) groups is 1. The molecule has 746 valence electrons. The van der Waals surface area contributed by atoms with Crippen LogP contribution in [0.2, 0.25) is 0 Å². The van der Waals surface area contributed by atoms with Gasteiger partial charge in [0.1, 0.15) is 57.6 Å². The lowest BCUT2D eigenvalue weighted by Gasteiger charge is -2.28. The molecular weight excluding hydrogens is 1740 g/mol. The van der Waals surface area contributed by atoms with E-state index < -0.39 is 208 Å². The molecule has 0 bridgehead atoms. The second-order valence-corrected chi connectivity index (χ2v) is 35.4. The minimum Gasteiger partial charge on any atom is -0.481 e. The summed E-state index contributed by atoms with van der Waals surface area (Å²) < 4.78 is 49.9. The number of carboxylic acid groups (broad SMARTS) is 8. The highest BCUT2D eigenvalue weighted by molar-refractivity contribution is 8.00. The van der Waals surface area contributed by atoms with E-state index in [1.54, 1.807) is 83.1 Å². The van der Waals surface area contributed by atoms with Gasteiger partial charge in [-0.1, -0.05) is 68.2 Å². The van der Waals surface area contributed by atoms with Crippen LogP contribution in [-0.2, 0) is 148 Å². The number of imide groups is 3. The van der Waals surface area contributed by atoms with Crippen LogP contribution in [0, 0.1) is 37.9 Å². The van der Waals surface area contributed by atoms with Gasteiger partial charge >= 0.3 is 107 Å². The summed E-state index contributed by atoms with van der Waals surface area (Å²) in [5, 5.41) is 78.3. The number of aliphatic hydroxyl groups is 1. The van der Waals surface area contributed by atoms with Gasteiger partial charge in [-0.2, -0.15) is 0 Å². The number of β-amino-alcohol motifs (C(OH)–C–C–N with tert-alkyl or cyclic N) is 1. The van der Waals surface area contributed by atoms with Crippen LogP contribution in [0.15, 0.2) is 0 Å². The second kappa shape index (κ2) is 65.2. The molecule has 130 heavy (non-hydrogen) atoms. The van der Waals surface area contributed by atoms with Crippen LogP contribution in [0.1, 0.15) is 292 Å². The topological polar surface area (TPSA) is 639 Å². The van der Waals surface area contributed by atoms with E-state index in [4.69, 9.17) is 88.2 Å². The van der Waals surface area contributed by atoms with Crippen LogP contribution in [0.25, 0.3) is 0 Å². The van der Waals surface area contributed by atoms with Crippen molar-refractivity contribution in [2.45, 2.75) is 309 Å². The number of amides is 3. The average molecular weight is 1890 g/mol. The van der Waals surface area contributed by atoms with Crippen LogP contribution >= 0.6 is 11.8 Å². The normalized spacial score (nSPS) is 13.8. The number of ether oxygens (including phenoxy) is 10. The minimum absolute atomic E-state index is 0.00176. The number of carbonyl (C=O) groups is 21. The van der Waals surface area contributed by atoms with Gasteiger partial charge in [-0.25, -0.2) is 4.90 Å². The van der Waals surface area contributed by atoms with Crippen LogP contribution in [0.3, 0.4) is 0 Å². The summed E-state index contributed by atoms with van der Waals surface area (Å²) in [6.07, 6.45) is 1.95. The Kier molecular flexibility index (Phi) is 63.1. The van der Waals surface area contributed by atoms with Gasteiger partial charge in [0.05, 0.1) is 117 Å². The molecule has 3 atom stereocenters. The number of hydrogen-bond donors (Lipinski definition) is 9. The Bertz CT molecular complexity index is 3640. The van der Waals surface area contributed by atoms with Gasteiger partial charge in [0, 0.05) is 37.2 Å². The van der Waals surface area contributed by atoms with Crippen molar-refractivity contribution in [1.82, 2.24) is 9.80 Å². The Morgan fingerprint density at radius 2 is 0.654 bits per heavy atom. The quantitative estimate of drug-likeness (QED) is 0.0155. The fourth-order valence-corrected chi connectivity index (χ4v) is 10.7. The van der Waals surface area contributed by atoms with Crippen molar-refractivity contribution in [2.75, 3.05) is 78.4 Å². The molecule has 42 nitrogen and oxygen atoms in total. The summed E-state index contributed by atoms with van der Waals surface area (Å²) in [5.74, 6) is -15.6.